The van der Waals surface area contributed by atoms with Crippen molar-refractivity contribution in [2.24, 2.45) is 4.99 Å². The van der Waals surface area contributed by atoms with E-state index < -0.39 is 17.9 Å². The van der Waals surface area contributed by atoms with Crippen LogP contribution < -0.4 is 5.32 Å². The average Bonchev–Trinajstić information content (AvgIpc) is 2.67. The van der Waals surface area contributed by atoms with Gasteiger partial charge in [0.15, 0.2) is 0 Å². The van der Waals surface area contributed by atoms with Gasteiger partial charge in [0.2, 0.25) is 0 Å². The normalized spacial score (nSPS) is 14.1. The maximum atomic E-state index is 13.7. The van der Waals surface area contributed by atoms with Gasteiger partial charge in [-0.2, -0.15) is 13.2 Å². The lowest BCUT2D eigenvalue weighted by Crippen LogP contribution is -2.29. The third-order valence-electron chi connectivity index (χ3n) is 4.12. The first-order valence-corrected chi connectivity index (χ1v) is 9.12. The van der Waals surface area contributed by atoms with E-state index in [0.29, 0.717) is 17.8 Å². The number of hydrogen-bond acceptors (Lipinski definition) is 2. The average molecular weight is 374 g/mol. The molecule has 0 amide bonds. The molecule has 0 heterocycles. The molecule has 5 heteroatoms. The molecule has 0 aliphatic heterocycles. The molecule has 0 spiro atoms. The van der Waals surface area contributed by atoms with Gasteiger partial charge in [0.25, 0.3) is 0 Å². The van der Waals surface area contributed by atoms with Crippen molar-refractivity contribution in [2.75, 3.05) is 6.54 Å². The van der Waals surface area contributed by atoms with Crippen molar-refractivity contribution in [1.82, 2.24) is 5.32 Å². The monoisotopic (exact) mass is 374 g/mol. The molecule has 1 atom stereocenters. The summed E-state index contributed by atoms with van der Waals surface area (Å²) in [4.78, 5) is 4.42. The number of nitrogens with one attached hydrogen (secondary N) is 1. The van der Waals surface area contributed by atoms with Crippen LogP contribution in [0.5, 0.6) is 0 Å². The van der Waals surface area contributed by atoms with Crippen molar-refractivity contribution in [3.63, 3.8) is 0 Å². The van der Waals surface area contributed by atoms with Gasteiger partial charge in [0, 0.05) is 12.6 Å². The summed E-state index contributed by atoms with van der Waals surface area (Å²) in [7, 11) is 0. The zero-order chi connectivity index (χ0) is 19.7. The van der Waals surface area contributed by atoms with E-state index in [1.165, 1.54) is 0 Å². The summed E-state index contributed by atoms with van der Waals surface area (Å²) in [5.74, 6) is 0. The van der Waals surface area contributed by atoms with Crippen LogP contribution in [-0.2, 0) is 0 Å². The molecule has 2 aromatic carbocycles. The Hall–Kier alpha value is -2.56. The summed E-state index contributed by atoms with van der Waals surface area (Å²) in [6.07, 6.45) is -1.61. The van der Waals surface area contributed by atoms with Crippen LogP contribution >= 0.6 is 0 Å². The zero-order valence-corrected chi connectivity index (χ0v) is 15.6. The predicted molar refractivity (Wildman–Crippen MR) is 105 cm³/mol. The third kappa shape index (κ3) is 6.59. The summed E-state index contributed by atoms with van der Waals surface area (Å²) in [6.45, 7) is 4.24. The summed E-state index contributed by atoms with van der Waals surface area (Å²) in [5.41, 5.74) is 1.00. The molecule has 1 N–H and O–H groups in total. The molecule has 0 bridgehead atoms. The van der Waals surface area contributed by atoms with Crippen LogP contribution in [0, 0.1) is 0 Å². The highest BCUT2D eigenvalue weighted by atomic mass is 19.4. The van der Waals surface area contributed by atoms with Gasteiger partial charge >= 0.3 is 6.18 Å². The highest BCUT2D eigenvalue weighted by molar-refractivity contribution is 6.09. The molecule has 2 nitrogen and oxygen atoms in total. The van der Waals surface area contributed by atoms with Crippen molar-refractivity contribution in [3.05, 3.63) is 83.6 Å². The summed E-state index contributed by atoms with van der Waals surface area (Å²) >= 11 is 0. The number of hydrogen-bond donors (Lipinski definition) is 1. The molecule has 0 aromatic heterocycles. The Morgan fingerprint density at radius 2 is 1.63 bits per heavy atom. The summed E-state index contributed by atoms with van der Waals surface area (Å²) < 4.78 is 41.0. The van der Waals surface area contributed by atoms with E-state index in [-0.39, 0.29) is 0 Å². The summed E-state index contributed by atoms with van der Waals surface area (Å²) in [5, 5.41) is 2.62. The minimum atomic E-state index is -4.50. The first-order valence-electron chi connectivity index (χ1n) is 9.12. The fourth-order valence-electron chi connectivity index (χ4n) is 2.59. The fourth-order valence-corrected chi connectivity index (χ4v) is 2.59. The maximum absolute atomic E-state index is 13.7. The van der Waals surface area contributed by atoms with Crippen molar-refractivity contribution in [3.8, 4) is 0 Å². The van der Waals surface area contributed by atoms with Crippen LogP contribution in [0.2, 0.25) is 0 Å². The lowest BCUT2D eigenvalue weighted by Gasteiger charge is -2.21. The lowest BCUT2D eigenvalue weighted by atomic mass is 10.1. The Morgan fingerprint density at radius 1 is 1.04 bits per heavy atom. The third-order valence-corrected chi connectivity index (χ3v) is 4.12. The van der Waals surface area contributed by atoms with E-state index in [1.54, 1.807) is 43.3 Å². The van der Waals surface area contributed by atoms with Crippen molar-refractivity contribution in [2.45, 2.75) is 38.9 Å². The molecule has 0 saturated carbocycles. The smallest absolute Gasteiger partial charge is 0.374 e. The Kier molecular flexibility index (Phi) is 7.65. The van der Waals surface area contributed by atoms with Crippen LogP contribution in [0.15, 0.2) is 77.4 Å². The van der Waals surface area contributed by atoms with Crippen molar-refractivity contribution >= 4 is 5.71 Å². The maximum Gasteiger partial charge on any atom is 0.431 e. The number of allylic oxidation sites excluding steroid dienone is 2. The van der Waals surface area contributed by atoms with E-state index >= 15 is 0 Å². The van der Waals surface area contributed by atoms with E-state index in [0.717, 1.165) is 24.5 Å². The minimum absolute atomic E-state index is 0.337. The largest absolute Gasteiger partial charge is 0.431 e. The van der Waals surface area contributed by atoms with E-state index in [2.05, 4.69) is 10.3 Å². The van der Waals surface area contributed by atoms with Crippen LogP contribution in [0.1, 0.15) is 43.9 Å². The molecule has 0 unspecified atom stereocenters. The molecule has 2 aromatic rings. The number of aliphatic imine (C=N–C) groups is 1. The molecule has 144 valence electrons. The molecular weight excluding hydrogens is 349 g/mol. The zero-order valence-electron chi connectivity index (χ0n) is 15.6. The molecule has 0 aliphatic rings. The molecule has 0 fully saturated rings. The lowest BCUT2D eigenvalue weighted by molar-refractivity contribution is -0.0975. The first kappa shape index (κ1) is 20.7. The molecular formula is C22H25F3N2. The van der Waals surface area contributed by atoms with E-state index in [1.807, 2.05) is 31.2 Å². The van der Waals surface area contributed by atoms with Crippen LogP contribution in [0.4, 0.5) is 13.2 Å². The number of benzene rings is 2. The van der Waals surface area contributed by atoms with Crippen LogP contribution in [-0.4, -0.2) is 18.4 Å². The molecule has 0 saturated heterocycles. The topological polar surface area (TPSA) is 24.4 Å². The molecule has 2 rings (SSSR count). The SMILES string of the molecule is CCCCN=C(/C=C(/N[C@H](C)c1ccccc1)C(F)(F)F)c1ccccc1. The molecule has 0 radical (unpaired) electrons. The van der Waals surface area contributed by atoms with Gasteiger partial charge in [-0.25, -0.2) is 0 Å². The van der Waals surface area contributed by atoms with Gasteiger partial charge in [0.05, 0.1) is 5.71 Å². The number of alkyl halides is 3. The Labute approximate surface area is 158 Å². The number of rotatable bonds is 8. The second-order valence-electron chi connectivity index (χ2n) is 6.32. The quantitative estimate of drug-likeness (QED) is 0.440. The molecule has 27 heavy (non-hydrogen) atoms. The number of unbranched alkanes of at least 4 members (excludes halogenated alkanes) is 1. The highest BCUT2D eigenvalue weighted by Gasteiger charge is 2.35. The standard InChI is InChI=1S/C22H25F3N2/c1-3-4-15-26-20(19-13-9-6-10-14-19)16-21(22(23,24)25)27-17(2)18-11-7-5-8-12-18/h5-14,16-17,27H,3-4,15H2,1-2H3/b21-16+,26-20?/t17-/m1/s1. The fraction of sp³-hybridized carbons (Fsp3) is 0.318. The van der Waals surface area contributed by atoms with Gasteiger partial charge in [-0.15, -0.1) is 0 Å². The summed E-state index contributed by atoms with van der Waals surface area (Å²) in [6, 6.07) is 17.6. The highest BCUT2D eigenvalue weighted by Crippen LogP contribution is 2.27. The Morgan fingerprint density at radius 3 is 2.19 bits per heavy atom. The minimum Gasteiger partial charge on any atom is -0.374 e. The second-order valence-corrected chi connectivity index (χ2v) is 6.32. The Bertz CT molecular complexity index is 750. The number of halogens is 3. The predicted octanol–water partition coefficient (Wildman–Crippen LogP) is 6.07. The van der Waals surface area contributed by atoms with Gasteiger partial charge in [-0.05, 0) is 30.5 Å². The van der Waals surface area contributed by atoms with Crippen LogP contribution in [0.25, 0.3) is 0 Å². The van der Waals surface area contributed by atoms with Gasteiger partial charge in [-0.3, -0.25) is 4.99 Å². The Balaban J connectivity index is 2.36. The van der Waals surface area contributed by atoms with E-state index in [4.69, 9.17) is 0 Å². The number of nitrogens with zero attached hydrogens (tertiary/aromatic N) is 1. The molecule has 0 aliphatic carbocycles. The van der Waals surface area contributed by atoms with Gasteiger partial charge in [0.1, 0.15) is 5.70 Å². The van der Waals surface area contributed by atoms with Crippen molar-refractivity contribution < 1.29 is 13.2 Å². The van der Waals surface area contributed by atoms with E-state index in [9.17, 15) is 13.2 Å². The van der Waals surface area contributed by atoms with Gasteiger partial charge < -0.3 is 5.32 Å². The second kappa shape index (κ2) is 9.95. The van der Waals surface area contributed by atoms with Gasteiger partial charge in [-0.1, -0.05) is 74.0 Å². The first-order chi connectivity index (χ1) is 12.9. The van der Waals surface area contributed by atoms with Crippen LogP contribution in [0.3, 0.4) is 0 Å². The van der Waals surface area contributed by atoms with Crippen molar-refractivity contribution in [1.29, 1.82) is 0 Å².